The minimum absolute atomic E-state index is 0.177. The normalized spacial score (nSPS) is 17.7. The number of hydrogen-bond acceptors (Lipinski definition) is 2. The number of amides is 1. The van der Waals surface area contributed by atoms with Gasteiger partial charge in [0.05, 0.1) is 0 Å². The minimum Gasteiger partial charge on any atom is -0.444 e. The van der Waals surface area contributed by atoms with E-state index in [0.29, 0.717) is 0 Å². The molecule has 0 aliphatic carbocycles. The molecule has 0 aromatic heterocycles. The Morgan fingerprint density at radius 3 is 2.12 bits per heavy atom. The molecule has 1 aliphatic heterocycles. The summed E-state index contributed by atoms with van der Waals surface area (Å²) in [6, 6.07) is 4.68. The number of hydrogen-bond donors (Lipinski definition) is 0. The largest absolute Gasteiger partial charge is 0.444 e. The molecule has 1 aromatic carbocycles. The fraction of sp³-hybridized carbons (Fsp3) is 0.667. The third-order valence-electron chi connectivity index (χ3n) is 5.46. The van der Waals surface area contributed by atoms with Crippen LogP contribution in [0.2, 0.25) is 0 Å². The van der Waals surface area contributed by atoms with Crippen LogP contribution in [0.3, 0.4) is 0 Å². The van der Waals surface area contributed by atoms with E-state index in [1.165, 1.54) is 22.3 Å². The zero-order valence-corrected chi connectivity index (χ0v) is 16.5. The molecule has 0 bridgehead atoms. The monoisotopic (exact) mass is 331 g/mol. The van der Waals surface area contributed by atoms with Gasteiger partial charge >= 0.3 is 6.09 Å². The first-order valence-corrected chi connectivity index (χ1v) is 9.14. The lowest BCUT2D eigenvalue weighted by Crippen LogP contribution is -2.46. The molecule has 134 valence electrons. The summed E-state index contributed by atoms with van der Waals surface area (Å²) in [4.78, 5) is 14.2. The van der Waals surface area contributed by atoms with Crippen LogP contribution < -0.4 is 0 Å². The fourth-order valence-corrected chi connectivity index (χ4v) is 3.79. The van der Waals surface area contributed by atoms with Crippen LogP contribution in [-0.4, -0.2) is 29.7 Å². The molecule has 0 N–H and O–H groups in total. The minimum atomic E-state index is -0.430. The van der Waals surface area contributed by atoms with Gasteiger partial charge < -0.3 is 9.64 Å². The second kappa shape index (κ2) is 6.78. The number of benzene rings is 1. The number of likely N-dealkylation sites (tertiary alicyclic amines) is 1. The first kappa shape index (κ1) is 18.8. The summed E-state index contributed by atoms with van der Waals surface area (Å²) in [6.07, 6.45) is 2.94. The fourth-order valence-electron chi connectivity index (χ4n) is 3.79. The highest BCUT2D eigenvalue weighted by Crippen LogP contribution is 2.41. The van der Waals surface area contributed by atoms with E-state index in [-0.39, 0.29) is 11.5 Å². The first-order valence-electron chi connectivity index (χ1n) is 9.14. The number of carbonyl (C=O) groups is 1. The van der Waals surface area contributed by atoms with Crippen molar-refractivity contribution in [3.8, 4) is 0 Å². The third kappa shape index (κ3) is 3.93. The second-order valence-corrected chi connectivity index (χ2v) is 8.35. The van der Waals surface area contributed by atoms with Gasteiger partial charge in [-0.25, -0.2) is 4.79 Å². The van der Waals surface area contributed by atoms with Crippen LogP contribution in [0.1, 0.15) is 69.2 Å². The molecule has 0 unspecified atom stereocenters. The maximum atomic E-state index is 12.3. The quantitative estimate of drug-likeness (QED) is 0.737. The van der Waals surface area contributed by atoms with Gasteiger partial charge in [0.15, 0.2) is 0 Å². The maximum Gasteiger partial charge on any atom is 0.410 e. The number of carbonyl (C=O) groups excluding carboxylic acids is 1. The number of aryl methyl sites for hydroxylation is 3. The van der Waals surface area contributed by atoms with Gasteiger partial charge in [0.1, 0.15) is 5.60 Å². The van der Waals surface area contributed by atoms with Crippen LogP contribution >= 0.6 is 0 Å². The zero-order valence-electron chi connectivity index (χ0n) is 16.5. The summed E-state index contributed by atoms with van der Waals surface area (Å²) in [6.45, 7) is 16.2. The molecule has 0 radical (unpaired) electrons. The zero-order chi connectivity index (χ0) is 18.1. The Balaban J connectivity index is 2.18. The molecule has 1 aromatic rings. The van der Waals surface area contributed by atoms with E-state index in [1.807, 2.05) is 25.7 Å². The molecule has 1 amide bonds. The molecule has 0 spiro atoms. The molecule has 1 fully saturated rings. The van der Waals surface area contributed by atoms with Crippen molar-refractivity contribution in [3.63, 3.8) is 0 Å². The molecule has 3 heteroatoms. The second-order valence-electron chi connectivity index (χ2n) is 8.35. The summed E-state index contributed by atoms with van der Waals surface area (Å²) in [7, 11) is 0. The first-order chi connectivity index (χ1) is 11.1. The Kier molecular flexibility index (Phi) is 5.31. The molecule has 2 rings (SSSR count). The molecule has 0 atom stereocenters. The van der Waals surface area contributed by atoms with E-state index in [4.69, 9.17) is 4.74 Å². The number of ether oxygens (including phenoxy) is 1. The van der Waals surface area contributed by atoms with Crippen LogP contribution in [-0.2, 0) is 10.2 Å². The smallest absolute Gasteiger partial charge is 0.410 e. The van der Waals surface area contributed by atoms with Crippen molar-refractivity contribution in [1.82, 2.24) is 4.90 Å². The van der Waals surface area contributed by atoms with Crippen LogP contribution in [0.5, 0.6) is 0 Å². The number of rotatable bonds is 2. The van der Waals surface area contributed by atoms with Crippen molar-refractivity contribution in [1.29, 1.82) is 0 Å². The molecule has 3 nitrogen and oxygen atoms in total. The summed E-state index contributed by atoms with van der Waals surface area (Å²) in [5.74, 6) is 0. The van der Waals surface area contributed by atoms with Crippen molar-refractivity contribution < 1.29 is 9.53 Å². The highest BCUT2D eigenvalue weighted by molar-refractivity contribution is 5.68. The van der Waals surface area contributed by atoms with Crippen LogP contribution in [0.25, 0.3) is 0 Å². The Hall–Kier alpha value is -1.51. The lowest BCUT2D eigenvalue weighted by molar-refractivity contribution is 0.0161. The summed E-state index contributed by atoms with van der Waals surface area (Å²) in [5, 5.41) is 0. The van der Waals surface area contributed by atoms with Crippen molar-refractivity contribution in [2.75, 3.05) is 13.1 Å². The summed E-state index contributed by atoms with van der Waals surface area (Å²) in [5.41, 5.74) is 5.32. The Labute approximate surface area is 147 Å². The van der Waals surface area contributed by atoms with Gasteiger partial charge in [-0.2, -0.15) is 0 Å². The molecule has 0 saturated carbocycles. The van der Waals surface area contributed by atoms with Gasteiger partial charge in [-0.05, 0) is 88.5 Å². The van der Waals surface area contributed by atoms with Gasteiger partial charge in [-0.1, -0.05) is 19.1 Å². The standard InChI is InChI=1S/C21H33NO2/c1-8-21(18-14-16(3)15(2)13-17(18)4)9-11-22(12-10-21)19(23)24-20(5,6)7/h13-14H,8-12H2,1-7H3. The van der Waals surface area contributed by atoms with Crippen molar-refractivity contribution in [2.24, 2.45) is 0 Å². The Bertz CT molecular complexity index is 605. The highest BCUT2D eigenvalue weighted by atomic mass is 16.6. The predicted molar refractivity (Wildman–Crippen MR) is 99.7 cm³/mol. The average molecular weight is 332 g/mol. The van der Waals surface area contributed by atoms with Crippen LogP contribution in [0, 0.1) is 20.8 Å². The third-order valence-corrected chi connectivity index (χ3v) is 5.46. The summed E-state index contributed by atoms with van der Waals surface area (Å²) < 4.78 is 5.53. The molecule has 1 heterocycles. The van der Waals surface area contributed by atoms with Crippen molar-refractivity contribution >= 4 is 6.09 Å². The molecular weight excluding hydrogens is 298 g/mol. The van der Waals surface area contributed by atoms with Crippen LogP contribution in [0.4, 0.5) is 4.79 Å². The Morgan fingerprint density at radius 2 is 1.62 bits per heavy atom. The van der Waals surface area contributed by atoms with E-state index < -0.39 is 5.60 Å². The van der Waals surface area contributed by atoms with E-state index in [0.717, 1.165) is 32.4 Å². The average Bonchev–Trinajstić information content (AvgIpc) is 2.49. The van der Waals surface area contributed by atoms with Gasteiger partial charge in [0, 0.05) is 13.1 Å². The predicted octanol–water partition coefficient (Wildman–Crippen LogP) is 5.29. The summed E-state index contributed by atoms with van der Waals surface area (Å²) >= 11 is 0. The highest BCUT2D eigenvalue weighted by Gasteiger charge is 2.38. The van der Waals surface area contributed by atoms with Gasteiger partial charge in [-0.3, -0.25) is 0 Å². The van der Waals surface area contributed by atoms with E-state index in [9.17, 15) is 4.79 Å². The van der Waals surface area contributed by atoms with Crippen molar-refractivity contribution in [3.05, 3.63) is 34.4 Å². The molecule has 24 heavy (non-hydrogen) atoms. The van der Waals surface area contributed by atoms with E-state index >= 15 is 0 Å². The van der Waals surface area contributed by atoms with E-state index in [2.05, 4.69) is 39.8 Å². The lowest BCUT2D eigenvalue weighted by atomic mass is 9.69. The topological polar surface area (TPSA) is 29.5 Å². The maximum absolute atomic E-state index is 12.3. The van der Waals surface area contributed by atoms with Gasteiger partial charge in [0.2, 0.25) is 0 Å². The molecule has 1 aliphatic rings. The Morgan fingerprint density at radius 1 is 1.08 bits per heavy atom. The SMILES string of the molecule is CCC1(c2cc(C)c(C)cc2C)CCN(C(=O)OC(C)(C)C)CC1. The molecule has 1 saturated heterocycles. The van der Waals surface area contributed by atoms with Gasteiger partial charge in [0.25, 0.3) is 0 Å². The number of piperidine rings is 1. The molecular formula is C21H33NO2. The van der Waals surface area contributed by atoms with Gasteiger partial charge in [-0.15, -0.1) is 0 Å². The van der Waals surface area contributed by atoms with Crippen molar-refractivity contribution in [2.45, 2.75) is 78.7 Å². The lowest BCUT2D eigenvalue weighted by Gasteiger charge is -2.43. The van der Waals surface area contributed by atoms with Crippen LogP contribution in [0.15, 0.2) is 12.1 Å². The number of nitrogens with zero attached hydrogens (tertiary/aromatic N) is 1. The van der Waals surface area contributed by atoms with E-state index in [1.54, 1.807) is 0 Å².